The van der Waals surface area contributed by atoms with Crippen LogP contribution < -0.4 is 14.9 Å². The van der Waals surface area contributed by atoms with Crippen LogP contribution in [0.5, 0.6) is 0 Å². The molecule has 0 bridgehead atoms. The van der Waals surface area contributed by atoms with E-state index < -0.39 is 20.2 Å². The number of fused-ring (bicyclic) bond motifs is 2. The largest absolute Gasteiger partial charge is 0.335 e. The van der Waals surface area contributed by atoms with E-state index in [1.807, 2.05) is 36.4 Å². The summed E-state index contributed by atoms with van der Waals surface area (Å²) < 4.78 is 64.6. The first kappa shape index (κ1) is 35.4. The van der Waals surface area contributed by atoms with Crippen molar-refractivity contribution in [1.29, 1.82) is 0 Å². The van der Waals surface area contributed by atoms with Crippen LogP contribution in [-0.2, 0) is 31.1 Å². The second-order valence-electron chi connectivity index (χ2n) is 11.1. The Labute approximate surface area is 288 Å². The molecular formula is C31H36Cl2N3O6S4+. The Morgan fingerprint density at radius 2 is 1.80 bits per heavy atom. The van der Waals surface area contributed by atoms with Crippen LogP contribution >= 0.6 is 46.3 Å². The van der Waals surface area contributed by atoms with E-state index in [-0.39, 0.29) is 17.9 Å². The van der Waals surface area contributed by atoms with E-state index in [1.54, 1.807) is 30.0 Å². The summed E-state index contributed by atoms with van der Waals surface area (Å²) in [6.45, 7) is 5.17. The maximum Gasteiger partial charge on any atom is 0.283 e. The molecule has 3 aromatic rings. The number of halogens is 2. The van der Waals surface area contributed by atoms with Gasteiger partial charge >= 0.3 is 0 Å². The van der Waals surface area contributed by atoms with Gasteiger partial charge in [0.1, 0.15) is 4.70 Å². The van der Waals surface area contributed by atoms with Crippen molar-refractivity contribution < 1.29 is 30.2 Å². The molecule has 1 aliphatic carbocycles. The van der Waals surface area contributed by atoms with Gasteiger partial charge in [-0.05, 0) is 85.7 Å². The third-order valence-corrected chi connectivity index (χ3v) is 12.4. The van der Waals surface area contributed by atoms with E-state index >= 15 is 0 Å². The molecule has 1 aromatic heterocycles. The van der Waals surface area contributed by atoms with Crippen molar-refractivity contribution >= 4 is 88.5 Å². The fourth-order valence-electron chi connectivity index (χ4n) is 5.53. The summed E-state index contributed by atoms with van der Waals surface area (Å²) in [6.07, 6.45) is 7.79. The van der Waals surface area contributed by atoms with E-state index in [9.17, 15) is 21.4 Å². The molecule has 15 heteroatoms. The Hall–Kier alpha value is -1.94. The second-order valence-corrected chi connectivity index (χ2v) is 17.3. The maximum absolute atomic E-state index is 12.3. The number of nitrogens with zero attached hydrogens (tertiary/aromatic N) is 2. The number of nitrogens with one attached hydrogen (secondary N) is 1. The van der Waals surface area contributed by atoms with E-state index in [1.165, 1.54) is 16.7 Å². The highest BCUT2D eigenvalue weighted by Crippen LogP contribution is 2.48. The highest BCUT2D eigenvalue weighted by molar-refractivity contribution is 8.03. The zero-order valence-electron chi connectivity index (χ0n) is 25.5. The molecule has 2 heterocycles. The predicted octanol–water partition coefficient (Wildman–Crippen LogP) is 7.37. The predicted molar refractivity (Wildman–Crippen MR) is 188 cm³/mol. The lowest BCUT2D eigenvalue weighted by Gasteiger charge is -2.23. The summed E-state index contributed by atoms with van der Waals surface area (Å²) >= 11 is 16.0. The number of anilines is 1. The molecule has 0 saturated heterocycles. The lowest BCUT2D eigenvalue weighted by Crippen LogP contribution is -2.36. The fraction of sp³-hybridized carbons (Fsp3) is 0.387. The topological polar surface area (TPSA) is 117 Å². The van der Waals surface area contributed by atoms with E-state index in [4.69, 9.17) is 27.5 Å². The van der Waals surface area contributed by atoms with Gasteiger partial charge in [0.05, 0.1) is 22.2 Å². The first-order valence-electron chi connectivity index (χ1n) is 14.9. The van der Waals surface area contributed by atoms with Gasteiger partial charge in [0.2, 0.25) is 5.52 Å². The van der Waals surface area contributed by atoms with Gasteiger partial charge in [-0.15, -0.1) is 0 Å². The monoisotopic (exact) mass is 744 g/mol. The molecule has 0 fully saturated rings. The number of aromatic nitrogens is 1. The quantitative estimate of drug-likeness (QED) is 0.105. The lowest BCUT2D eigenvalue weighted by atomic mass is 9.88. The second kappa shape index (κ2) is 15.1. The van der Waals surface area contributed by atoms with Crippen molar-refractivity contribution in [3.8, 4) is 0 Å². The zero-order chi connectivity index (χ0) is 33.1. The standard InChI is InChI=1S/C31H35Cl2N3O6S4/c1-3-34-42-46(40,41)16-6-14-36-27-20-25(33)10-12-29(27)44-31(36)18-23-8-4-7-22(21(23)2)17-30-35(13-5-15-45(37,38)39)26-19-24(32)9-11-28(26)43-30/h9-12,17-20,34H,3-8,13-16H2,1-2H3/p+1. The molecule has 2 N–H and O–H groups in total. The third kappa shape index (κ3) is 8.94. The summed E-state index contributed by atoms with van der Waals surface area (Å²) in [5, 5.41) is 3.20. The van der Waals surface area contributed by atoms with Crippen LogP contribution in [0.4, 0.5) is 5.69 Å². The summed E-state index contributed by atoms with van der Waals surface area (Å²) in [5.74, 6) is -0.440. The first-order chi connectivity index (χ1) is 21.8. The van der Waals surface area contributed by atoms with Gasteiger partial charge in [0, 0.05) is 46.6 Å². The van der Waals surface area contributed by atoms with Crippen molar-refractivity contribution in [2.75, 3.05) is 29.5 Å². The Morgan fingerprint density at radius 1 is 1.04 bits per heavy atom. The Balaban J connectivity index is 1.46. The number of hydrogen-bond acceptors (Lipinski definition) is 9. The number of benzene rings is 2. The number of allylic oxidation sites excluding steroid dienone is 4. The molecule has 2 aliphatic rings. The van der Waals surface area contributed by atoms with Crippen molar-refractivity contribution in [2.24, 2.45) is 0 Å². The van der Waals surface area contributed by atoms with Gasteiger partial charge in [-0.3, -0.25) is 4.55 Å². The van der Waals surface area contributed by atoms with Gasteiger partial charge in [-0.25, -0.2) is 0 Å². The van der Waals surface area contributed by atoms with Gasteiger partial charge < -0.3 is 4.90 Å². The maximum atomic E-state index is 12.3. The number of hydroxylamine groups is 1. The molecule has 46 heavy (non-hydrogen) atoms. The van der Waals surface area contributed by atoms with Gasteiger partial charge in [0.15, 0.2) is 6.54 Å². The van der Waals surface area contributed by atoms with Gasteiger partial charge in [-0.1, -0.05) is 53.2 Å². The number of rotatable bonds is 13. The molecule has 0 amide bonds. The Morgan fingerprint density at radius 3 is 2.57 bits per heavy atom. The van der Waals surface area contributed by atoms with Crippen LogP contribution in [0.3, 0.4) is 0 Å². The smallest absolute Gasteiger partial charge is 0.283 e. The van der Waals surface area contributed by atoms with Crippen molar-refractivity contribution in [3.05, 3.63) is 79.3 Å². The summed E-state index contributed by atoms with van der Waals surface area (Å²) in [6, 6.07) is 11.5. The van der Waals surface area contributed by atoms with Crippen LogP contribution in [0.25, 0.3) is 16.3 Å². The fourth-order valence-corrected chi connectivity index (χ4v) is 9.49. The number of thioether (sulfide) groups is 1. The van der Waals surface area contributed by atoms with E-state index in [0.29, 0.717) is 36.1 Å². The SMILES string of the molecule is CCNOS(=O)(=O)CCCN1C(=CC2=C(C)C(=Cc3sc4ccc(Cl)cc4[n+]3CCCS(=O)(=O)O)CCC2)Sc2ccc(Cl)cc21. The average molecular weight is 746 g/mol. The van der Waals surface area contributed by atoms with Crippen molar-refractivity contribution in [1.82, 2.24) is 5.48 Å². The molecule has 0 atom stereocenters. The summed E-state index contributed by atoms with van der Waals surface area (Å²) in [7, 11) is -7.77. The molecule has 0 spiro atoms. The minimum atomic E-state index is -4.07. The molecule has 0 radical (unpaired) electrons. The lowest BCUT2D eigenvalue weighted by molar-refractivity contribution is -0.668. The number of aryl methyl sites for hydroxylation is 1. The highest BCUT2D eigenvalue weighted by atomic mass is 35.5. The summed E-state index contributed by atoms with van der Waals surface area (Å²) in [5.41, 5.74) is 7.87. The molecule has 5 rings (SSSR count). The van der Waals surface area contributed by atoms with Gasteiger partial charge in [-0.2, -0.15) is 31.2 Å². The molecule has 1 aliphatic heterocycles. The third-order valence-electron chi connectivity index (χ3n) is 7.73. The molecule has 248 valence electrons. The summed E-state index contributed by atoms with van der Waals surface area (Å²) in [4.78, 5) is 3.19. The average Bonchev–Trinajstić information content (AvgIpc) is 3.49. The highest BCUT2D eigenvalue weighted by Gasteiger charge is 2.28. The number of thiazole rings is 1. The molecular weight excluding hydrogens is 710 g/mol. The normalized spacial score (nSPS) is 17.5. The van der Waals surface area contributed by atoms with Crippen molar-refractivity contribution in [3.63, 3.8) is 0 Å². The van der Waals surface area contributed by atoms with E-state index in [0.717, 1.165) is 50.1 Å². The number of hydrogen-bond donors (Lipinski definition) is 2. The van der Waals surface area contributed by atoms with Crippen LogP contribution in [0.15, 0.2) is 69.1 Å². The Bertz CT molecular complexity index is 1940. The van der Waals surface area contributed by atoms with Gasteiger partial charge in [0.25, 0.3) is 25.2 Å². The minimum absolute atomic E-state index is 0.121. The van der Waals surface area contributed by atoms with Crippen molar-refractivity contribution in [2.45, 2.75) is 57.4 Å². The van der Waals surface area contributed by atoms with Crippen LogP contribution in [0.1, 0.15) is 51.0 Å². The van der Waals surface area contributed by atoms with Crippen LogP contribution in [0.2, 0.25) is 10.0 Å². The Kier molecular flexibility index (Phi) is 11.6. The zero-order valence-corrected chi connectivity index (χ0v) is 30.2. The van der Waals surface area contributed by atoms with Crippen LogP contribution in [-0.4, -0.2) is 46.0 Å². The molecule has 0 unspecified atom stereocenters. The molecule has 9 nitrogen and oxygen atoms in total. The first-order valence-corrected chi connectivity index (χ1v) is 20.5. The minimum Gasteiger partial charge on any atom is -0.335 e. The molecule has 0 saturated carbocycles. The molecule has 2 aromatic carbocycles. The van der Waals surface area contributed by atoms with E-state index in [2.05, 4.69) is 34.0 Å². The van der Waals surface area contributed by atoms with Crippen LogP contribution in [0, 0.1) is 0 Å².